The summed E-state index contributed by atoms with van der Waals surface area (Å²) in [7, 11) is 0. The lowest BCUT2D eigenvalue weighted by atomic mass is 10.1. The normalized spacial score (nSPS) is 21.6. The molecule has 1 saturated heterocycles. The highest BCUT2D eigenvalue weighted by molar-refractivity contribution is 7.80. The molecule has 1 fully saturated rings. The number of aryl methyl sites for hydroxylation is 1. The first kappa shape index (κ1) is 20.3. The van der Waals surface area contributed by atoms with Crippen LogP contribution in [0.5, 0.6) is 0 Å². The molecule has 1 heterocycles. The predicted octanol–water partition coefficient (Wildman–Crippen LogP) is 0.975. The van der Waals surface area contributed by atoms with E-state index < -0.39 is 34.3 Å². The van der Waals surface area contributed by atoms with Gasteiger partial charge in [-0.05, 0) is 39.8 Å². The van der Waals surface area contributed by atoms with Gasteiger partial charge in [0.1, 0.15) is 12.2 Å². The van der Waals surface area contributed by atoms with Crippen molar-refractivity contribution in [1.82, 2.24) is 16.0 Å². The topological polar surface area (TPSA) is 106 Å². The van der Waals surface area contributed by atoms with E-state index in [-0.39, 0.29) is 6.61 Å². The summed E-state index contributed by atoms with van der Waals surface area (Å²) in [5.41, 5.74) is -1.25. The van der Waals surface area contributed by atoms with Crippen LogP contribution < -0.4 is 16.0 Å². The zero-order chi connectivity index (χ0) is 19.4. The molecule has 0 saturated carbocycles. The zero-order valence-corrected chi connectivity index (χ0v) is 16.2. The highest BCUT2D eigenvalue weighted by Crippen LogP contribution is 2.14. The van der Waals surface area contributed by atoms with Crippen LogP contribution in [0.25, 0.3) is 0 Å². The van der Waals surface area contributed by atoms with E-state index in [1.165, 1.54) is 0 Å². The summed E-state index contributed by atoms with van der Waals surface area (Å²) in [6, 6.07) is 7.01. The maximum atomic E-state index is 12.4. The minimum atomic E-state index is -1.78. The molecular weight excluding hydrogens is 358 g/mol. The van der Waals surface area contributed by atoms with Gasteiger partial charge in [-0.2, -0.15) is 0 Å². The summed E-state index contributed by atoms with van der Waals surface area (Å²) in [6.45, 7) is 7.59. The van der Waals surface area contributed by atoms with Crippen molar-refractivity contribution < 1.29 is 22.7 Å². The fourth-order valence-electron chi connectivity index (χ4n) is 2.27. The van der Waals surface area contributed by atoms with Gasteiger partial charge in [0.25, 0.3) is 5.91 Å². The first-order valence-corrected chi connectivity index (χ1v) is 9.35. The number of amides is 2. The van der Waals surface area contributed by atoms with E-state index in [0.717, 1.165) is 5.56 Å². The molecule has 1 aliphatic rings. The minimum absolute atomic E-state index is 0.321. The van der Waals surface area contributed by atoms with E-state index in [1.807, 2.05) is 19.1 Å². The van der Waals surface area contributed by atoms with E-state index in [2.05, 4.69) is 16.0 Å². The average molecular weight is 383 g/mol. The van der Waals surface area contributed by atoms with Crippen LogP contribution in [0.15, 0.2) is 29.2 Å². The molecule has 1 aliphatic heterocycles. The summed E-state index contributed by atoms with van der Waals surface area (Å²) >= 11 is -1.78. The van der Waals surface area contributed by atoms with Gasteiger partial charge < -0.3 is 10.1 Å². The molecule has 2 rings (SSSR count). The molecule has 0 bridgehead atoms. The molecule has 2 unspecified atom stereocenters. The average Bonchev–Trinajstić information content (AvgIpc) is 2.54. The minimum Gasteiger partial charge on any atom is -0.444 e. The van der Waals surface area contributed by atoms with Crippen LogP contribution in [-0.4, -0.2) is 47.2 Å². The maximum absolute atomic E-state index is 12.4. The summed E-state index contributed by atoms with van der Waals surface area (Å²) < 4.78 is 23.0. The second-order valence-electron chi connectivity index (χ2n) is 7.02. The predicted molar refractivity (Wildman–Crippen MR) is 96.7 cm³/mol. The van der Waals surface area contributed by atoms with Crippen molar-refractivity contribution in [3.8, 4) is 0 Å². The molecule has 2 atom stereocenters. The second-order valence-corrected chi connectivity index (χ2v) is 8.20. The molecule has 144 valence electrons. The Labute approximate surface area is 155 Å². The summed E-state index contributed by atoms with van der Waals surface area (Å²) in [5, 5.41) is 8.10. The third-order valence-corrected chi connectivity index (χ3v) is 4.52. The molecule has 3 N–H and O–H groups in total. The number of hydrogen-bond donors (Lipinski definition) is 3. The number of rotatable bonds is 5. The third-order valence-electron chi connectivity index (χ3n) is 3.54. The second kappa shape index (κ2) is 8.15. The molecule has 26 heavy (non-hydrogen) atoms. The van der Waals surface area contributed by atoms with E-state index in [9.17, 15) is 13.8 Å². The molecule has 0 aromatic heterocycles. The number of nitrogens with one attached hydrogen (secondary N) is 3. The molecular formula is C17H25N3O5S. The lowest BCUT2D eigenvalue weighted by Gasteiger charge is -2.37. The van der Waals surface area contributed by atoms with E-state index in [1.54, 1.807) is 32.9 Å². The van der Waals surface area contributed by atoms with Crippen molar-refractivity contribution in [2.45, 2.75) is 43.9 Å². The van der Waals surface area contributed by atoms with Crippen LogP contribution in [0.4, 0.5) is 4.79 Å². The number of alkyl carbamates (subject to hydrolysis) is 1. The first-order chi connectivity index (χ1) is 12.1. The number of hydrogen-bond acceptors (Lipinski definition) is 6. The van der Waals surface area contributed by atoms with Crippen LogP contribution in [0.1, 0.15) is 26.3 Å². The Morgan fingerprint density at radius 2 is 1.92 bits per heavy atom. The lowest BCUT2D eigenvalue weighted by Crippen LogP contribution is -2.73. The Kier molecular flexibility index (Phi) is 6.38. The largest absolute Gasteiger partial charge is 0.444 e. The Bertz CT molecular complexity index is 687. The molecule has 9 heteroatoms. The van der Waals surface area contributed by atoms with E-state index in [4.69, 9.17) is 8.92 Å². The van der Waals surface area contributed by atoms with Crippen LogP contribution in [0.2, 0.25) is 0 Å². The van der Waals surface area contributed by atoms with Crippen LogP contribution in [-0.2, 0) is 24.8 Å². The Balaban J connectivity index is 2.09. The number of ether oxygens (including phenoxy) is 1. The van der Waals surface area contributed by atoms with Crippen LogP contribution in [0.3, 0.4) is 0 Å². The highest BCUT2D eigenvalue weighted by atomic mass is 32.2. The Morgan fingerprint density at radius 3 is 2.50 bits per heavy atom. The lowest BCUT2D eigenvalue weighted by molar-refractivity contribution is -0.132. The molecule has 0 radical (unpaired) electrons. The Hall–Kier alpha value is -1.97. The monoisotopic (exact) mass is 383 g/mol. The van der Waals surface area contributed by atoms with Crippen molar-refractivity contribution in [3.05, 3.63) is 29.8 Å². The van der Waals surface area contributed by atoms with Crippen molar-refractivity contribution in [2.24, 2.45) is 0 Å². The van der Waals surface area contributed by atoms with Gasteiger partial charge in [-0.25, -0.2) is 9.00 Å². The smallest absolute Gasteiger partial charge is 0.409 e. The van der Waals surface area contributed by atoms with E-state index in [0.29, 0.717) is 18.0 Å². The van der Waals surface area contributed by atoms with Gasteiger partial charge in [0.2, 0.25) is 0 Å². The van der Waals surface area contributed by atoms with Crippen molar-refractivity contribution in [1.29, 1.82) is 0 Å². The number of benzene rings is 1. The molecule has 8 nitrogen and oxygen atoms in total. The fourth-order valence-corrected chi connectivity index (χ4v) is 3.05. The molecule has 1 aromatic carbocycles. The number of carbonyl (C=O) groups is 2. The SMILES string of the molecule is Cc1ccc(S(=O)OCC2(NC(=O)OC(C)(C)C)NCCNC2=O)cc1. The van der Waals surface area contributed by atoms with Gasteiger partial charge in [-0.15, -0.1) is 0 Å². The molecule has 2 amide bonds. The molecule has 0 spiro atoms. The zero-order valence-electron chi connectivity index (χ0n) is 15.4. The number of carbonyl (C=O) groups excluding carboxylic acids is 2. The molecule has 1 aromatic rings. The van der Waals surface area contributed by atoms with Crippen molar-refractivity contribution >= 4 is 23.1 Å². The quantitative estimate of drug-likeness (QED) is 0.700. The van der Waals surface area contributed by atoms with E-state index >= 15 is 0 Å². The fraction of sp³-hybridized carbons (Fsp3) is 0.529. The highest BCUT2D eigenvalue weighted by Gasteiger charge is 2.43. The third kappa shape index (κ3) is 5.52. The van der Waals surface area contributed by atoms with Gasteiger partial charge >= 0.3 is 6.09 Å². The Morgan fingerprint density at radius 1 is 1.27 bits per heavy atom. The van der Waals surface area contributed by atoms with Gasteiger partial charge in [0, 0.05) is 13.1 Å². The summed E-state index contributed by atoms with van der Waals surface area (Å²) in [6.07, 6.45) is -0.772. The van der Waals surface area contributed by atoms with Gasteiger partial charge in [0.15, 0.2) is 16.7 Å². The van der Waals surface area contributed by atoms with Gasteiger partial charge in [-0.1, -0.05) is 17.7 Å². The van der Waals surface area contributed by atoms with Crippen LogP contribution >= 0.6 is 0 Å². The standard InChI is InChI=1S/C17H25N3O5S/c1-12-5-7-13(8-6-12)26(23)24-11-17(14(21)18-9-10-19-17)20-15(22)25-16(2,3)4/h5-8,19H,9-11H2,1-4H3,(H,18,21)(H,20,22). The number of piperazine rings is 1. The summed E-state index contributed by atoms with van der Waals surface area (Å²) in [5.74, 6) is -0.476. The first-order valence-electron chi connectivity index (χ1n) is 8.27. The van der Waals surface area contributed by atoms with Gasteiger partial charge in [-0.3, -0.25) is 19.6 Å². The van der Waals surface area contributed by atoms with Gasteiger partial charge in [0.05, 0.1) is 4.90 Å². The van der Waals surface area contributed by atoms with Crippen LogP contribution in [0, 0.1) is 6.92 Å². The maximum Gasteiger partial charge on any atom is 0.409 e. The van der Waals surface area contributed by atoms with Crippen molar-refractivity contribution in [2.75, 3.05) is 19.7 Å². The summed E-state index contributed by atoms with van der Waals surface area (Å²) in [4.78, 5) is 25.0. The van der Waals surface area contributed by atoms with Crippen molar-refractivity contribution in [3.63, 3.8) is 0 Å². The molecule has 0 aliphatic carbocycles.